The Labute approximate surface area is 117 Å². The van der Waals surface area contributed by atoms with E-state index in [-0.39, 0.29) is 11.0 Å². The highest BCUT2D eigenvalue weighted by atomic mass is 32.2. The molecule has 0 bridgehead atoms. The summed E-state index contributed by atoms with van der Waals surface area (Å²) in [5.41, 5.74) is 1.16. The van der Waals surface area contributed by atoms with Crippen LogP contribution in [0.15, 0.2) is 24.3 Å². The molecule has 4 heteroatoms. The lowest BCUT2D eigenvalue weighted by Gasteiger charge is -2.09. The van der Waals surface area contributed by atoms with Crippen LogP contribution in [0.25, 0.3) is 0 Å². The molecule has 0 spiro atoms. The predicted molar refractivity (Wildman–Crippen MR) is 79.1 cm³/mol. The van der Waals surface area contributed by atoms with Crippen LogP contribution >= 0.6 is 0 Å². The summed E-state index contributed by atoms with van der Waals surface area (Å²) in [6, 6.07) is 7.87. The average Bonchev–Trinajstić information content (AvgIpc) is 2.45. The van der Waals surface area contributed by atoms with Gasteiger partial charge in [0, 0.05) is 23.0 Å². The van der Waals surface area contributed by atoms with Gasteiger partial charge in [0.05, 0.1) is 12.4 Å². The van der Waals surface area contributed by atoms with Gasteiger partial charge in [0.1, 0.15) is 11.5 Å². The number of rotatable bonds is 8. The molecule has 1 rings (SSSR count). The van der Waals surface area contributed by atoms with Gasteiger partial charge in [-0.05, 0) is 37.5 Å². The van der Waals surface area contributed by atoms with Gasteiger partial charge in [0.25, 0.3) is 0 Å². The van der Waals surface area contributed by atoms with Gasteiger partial charge in [0.2, 0.25) is 0 Å². The van der Waals surface area contributed by atoms with Crippen LogP contribution < -0.4 is 4.74 Å². The number of carbonyl (C=O) groups excluding carboxylic acids is 1. The van der Waals surface area contributed by atoms with Crippen LogP contribution in [0.1, 0.15) is 32.3 Å². The summed E-state index contributed by atoms with van der Waals surface area (Å²) >= 11 is 0. The Kier molecular flexibility index (Phi) is 6.78. The first-order chi connectivity index (χ1) is 9.08. The summed E-state index contributed by atoms with van der Waals surface area (Å²) in [6.45, 7) is 3.60. The van der Waals surface area contributed by atoms with E-state index in [1.54, 1.807) is 14.0 Å². The molecule has 1 aromatic carbocycles. The average molecular weight is 282 g/mol. The van der Waals surface area contributed by atoms with E-state index < -0.39 is 10.8 Å². The van der Waals surface area contributed by atoms with E-state index in [2.05, 4.69) is 0 Å². The van der Waals surface area contributed by atoms with Gasteiger partial charge in [-0.1, -0.05) is 19.1 Å². The number of ether oxygens (including phenoxy) is 1. The molecule has 3 nitrogen and oxygen atoms in total. The second kappa shape index (κ2) is 8.10. The Morgan fingerprint density at radius 2 is 2.16 bits per heavy atom. The van der Waals surface area contributed by atoms with E-state index in [4.69, 9.17) is 4.74 Å². The maximum Gasteiger partial charge on any atom is 0.148 e. The Balaban J connectivity index is 2.41. The molecule has 2 unspecified atom stereocenters. The molecule has 0 fully saturated rings. The van der Waals surface area contributed by atoms with E-state index >= 15 is 0 Å². The number of aryl methyl sites for hydroxylation is 1. The summed E-state index contributed by atoms with van der Waals surface area (Å²) in [4.78, 5) is 11.8. The van der Waals surface area contributed by atoms with Gasteiger partial charge >= 0.3 is 0 Å². The molecule has 0 amide bonds. The van der Waals surface area contributed by atoms with Crippen molar-refractivity contribution < 1.29 is 13.7 Å². The largest absolute Gasteiger partial charge is 0.497 e. The van der Waals surface area contributed by atoms with Crippen molar-refractivity contribution in [2.45, 2.75) is 38.4 Å². The quantitative estimate of drug-likeness (QED) is 0.736. The molecule has 0 aromatic heterocycles. The summed E-state index contributed by atoms with van der Waals surface area (Å²) in [5, 5.41) is -0.338. The van der Waals surface area contributed by atoms with Crippen molar-refractivity contribution in [3.8, 4) is 5.75 Å². The molecular weight excluding hydrogens is 260 g/mol. The lowest BCUT2D eigenvalue weighted by Crippen LogP contribution is -2.23. The van der Waals surface area contributed by atoms with E-state index in [0.717, 1.165) is 24.2 Å². The highest BCUT2D eigenvalue weighted by Gasteiger charge is 2.17. The Morgan fingerprint density at radius 3 is 2.79 bits per heavy atom. The molecule has 19 heavy (non-hydrogen) atoms. The van der Waals surface area contributed by atoms with Crippen LogP contribution in [-0.2, 0) is 22.0 Å². The molecule has 0 radical (unpaired) electrons. The molecule has 0 saturated heterocycles. The molecule has 0 N–H and O–H groups in total. The van der Waals surface area contributed by atoms with Crippen LogP contribution in [0, 0.1) is 0 Å². The van der Waals surface area contributed by atoms with Crippen LogP contribution in [0.4, 0.5) is 0 Å². The van der Waals surface area contributed by atoms with Crippen LogP contribution in [0.2, 0.25) is 0 Å². The third kappa shape index (κ3) is 5.15. The standard InChI is InChI=1S/C15H22O3S/c1-4-19(17)12(2)15(16)10-6-8-13-7-5-9-14(11-13)18-3/h5,7,9,11-12H,4,6,8,10H2,1-3H3. The van der Waals surface area contributed by atoms with Crippen molar-refractivity contribution in [3.63, 3.8) is 0 Å². The summed E-state index contributed by atoms with van der Waals surface area (Å²) < 4.78 is 16.7. The predicted octanol–water partition coefficient (Wildman–Crippen LogP) is 2.74. The Morgan fingerprint density at radius 1 is 1.42 bits per heavy atom. The number of Topliss-reactive ketones (excluding diaryl/α,β-unsaturated/α-hetero) is 1. The van der Waals surface area contributed by atoms with Crippen molar-refractivity contribution in [1.82, 2.24) is 0 Å². The summed E-state index contributed by atoms with van der Waals surface area (Å²) in [7, 11) is 0.619. The molecule has 0 heterocycles. The van der Waals surface area contributed by atoms with Gasteiger partial charge in [-0.3, -0.25) is 9.00 Å². The maximum atomic E-state index is 11.8. The van der Waals surface area contributed by atoms with Crippen LogP contribution in [0.5, 0.6) is 5.75 Å². The number of methoxy groups -OCH3 is 1. The van der Waals surface area contributed by atoms with Gasteiger partial charge in [-0.2, -0.15) is 0 Å². The second-order valence-corrected chi connectivity index (χ2v) is 6.53. The fourth-order valence-corrected chi connectivity index (χ4v) is 2.81. The Bertz CT molecular complexity index is 443. The first-order valence-corrected chi connectivity index (χ1v) is 7.99. The molecule has 0 saturated carbocycles. The van der Waals surface area contributed by atoms with E-state index in [1.165, 1.54) is 0 Å². The van der Waals surface area contributed by atoms with Crippen molar-refractivity contribution >= 4 is 16.6 Å². The smallest absolute Gasteiger partial charge is 0.148 e. The first-order valence-electron chi connectivity index (χ1n) is 6.61. The third-order valence-electron chi connectivity index (χ3n) is 3.16. The van der Waals surface area contributed by atoms with Crippen molar-refractivity contribution in [2.24, 2.45) is 0 Å². The number of hydrogen-bond acceptors (Lipinski definition) is 3. The molecule has 2 atom stereocenters. The van der Waals surface area contributed by atoms with E-state index in [0.29, 0.717) is 12.2 Å². The van der Waals surface area contributed by atoms with E-state index in [1.807, 2.05) is 31.2 Å². The van der Waals surface area contributed by atoms with Crippen LogP contribution in [-0.4, -0.2) is 28.1 Å². The number of benzene rings is 1. The zero-order valence-corrected chi connectivity index (χ0v) is 12.7. The van der Waals surface area contributed by atoms with Gasteiger partial charge in [0.15, 0.2) is 0 Å². The van der Waals surface area contributed by atoms with Crippen molar-refractivity contribution in [3.05, 3.63) is 29.8 Å². The number of ketones is 1. The van der Waals surface area contributed by atoms with Gasteiger partial charge in [-0.25, -0.2) is 0 Å². The monoisotopic (exact) mass is 282 g/mol. The molecular formula is C15H22O3S. The molecule has 0 aliphatic rings. The van der Waals surface area contributed by atoms with E-state index in [9.17, 15) is 9.00 Å². The Hall–Kier alpha value is -1.16. The number of hydrogen-bond donors (Lipinski definition) is 0. The maximum absolute atomic E-state index is 11.8. The van der Waals surface area contributed by atoms with Gasteiger partial charge < -0.3 is 4.74 Å². The SMILES string of the molecule is CCS(=O)C(C)C(=O)CCCc1cccc(OC)c1. The fraction of sp³-hybridized carbons (Fsp3) is 0.533. The summed E-state index contributed by atoms with van der Waals surface area (Å²) in [5.74, 6) is 1.48. The van der Waals surface area contributed by atoms with Crippen molar-refractivity contribution in [1.29, 1.82) is 0 Å². The zero-order chi connectivity index (χ0) is 14.3. The molecule has 0 aliphatic carbocycles. The minimum absolute atomic E-state index is 0.100. The minimum atomic E-state index is -1.02. The van der Waals surface area contributed by atoms with Crippen LogP contribution in [0.3, 0.4) is 0 Å². The number of carbonyl (C=O) groups is 1. The topological polar surface area (TPSA) is 43.4 Å². The fourth-order valence-electron chi connectivity index (χ4n) is 1.89. The summed E-state index contributed by atoms with van der Waals surface area (Å²) in [6.07, 6.45) is 2.12. The zero-order valence-electron chi connectivity index (χ0n) is 11.8. The first kappa shape index (κ1) is 15.9. The molecule has 0 aliphatic heterocycles. The lowest BCUT2D eigenvalue weighted by molar-refractivity contribution is -0.118. The highest BCUT2D eigenvalue weighted by molar-refractivity contribution is 7.86. The van der Waals surface area contributed by atoms with Gasteiger partial charge in [-0.15, -0.1) is 0 Å². The van der Waals surface area contributed by atoms with Crippen molar-refractivity contribution in [2.75, 3.05) is 12.9 Å². The second-order valence-electron chi connectivity index (χ2n) is 4.48. The minimum Gasteiger partial charge on any atom is -0.497 e. The normalized spacial score (nSPS) is 13.8. The third-order valence-corrected chi connectivity index (χ3v) is 4.78. The molecule has 106 valence electrons. The molecule has 1 aromatic rings. The lowest BCUT2D eigenvalue weighted by atomic mass is 10.1. The highest BCUT2D eigenvalue weighted by Crippen LogP contribution is 2.15.